The van der Waals surface area contributed by atoms with Gasteiger partial charge in [-0.3, -0.25) is 4.90 Å². The van der Waals surface area contributed by atoms with Gasteiger partial charge in [0.1, 0.15) is 29.8 Å². The van der Waals surface area contributed by atoms with Crippen LogP contribution in [-0.2, 0) is 0 Å². The Morgan fingerprint density at radius 2 is 2.17 bits per heavy atom. The zero-order chi connectivity index (χ0) is 16.7. The first-order valence-corrected chi connectivity index (χ1v) is 7.97. The number of furan rings is 1. The van der Waals surface area contributed by atoms with Crippen LogP contribution in [0.1, 0.15) is 17.6 Å². The third kappa shape index (κ3) is 2.74. The number of nitrogens with zero attached hydrogens (tertiary/aromatic N) is 6. The molecule has 1 unspecified atom stereocenters. The summed E-state index contributed by atoms with van der Waals surface area (Å²) in [5.74, 6) is 2.35. The molecular formula is C16H20N6O2. The molecule has 1 N–H and O–H groups in total. The van der Waals surface area contributed by atoms with Crippen LogP contribution in [0.4, 0.5) is 5.82 Å². The van der Waals surface area contributed by atoms with Gasteiger partial charge in [-0.25, -0.2) is 0 Å². The molecule has 0 saturated carbocycles. The Bertz CT molecular complexity index is 838. The predicted molar refractivity (Wildman–Crippen MR) is 87.8 cm³/mol. The summed E-state index contributed by atoms with van der Waals surface area (Å²) in [6.45, 7) is 4.18. The maximum atomic E-state index is 10.3. The maximum absolute atomic E-state index is 10.3. The van der Waals surface area contributed by atoms with Crippen LogP contribution in [0, 0.1) is 6.92 Å². The number of aryl methyl sites for hydroxylation is 1. The van der Waals surface area contributed by atoms with Crippen LogP contribution in [0.3, 0.4) is 0 Å². The highest BCUT2D eigenvalue weighted by atomic mass is 16.4. The van der Waals surface area contributed by atoms with Gasteiger partial charge in [0.2, 0.25) is 0 Å². The number of aliphatic hydroxyl groups is 1. The van der Waals surface area contributed by atoms with E-state index in [0.717, 1.165) is 30.3 Å². The normalized spacial score (nSPS) is 16.8. The van der Waals surface area contributed by atoms with Crippen molar-refractivity contribution in [2.24, 2.45) is 0 Å². The van der Waals surface area contributed by atoms with E-state index in [1.165, 1.54) is 0 Å². The lowest BCUT2D eigenvalue weighted by molar-refractivity contribution is 0.0787. The van der Waals surface area contributed by atoms with Crippen molar-refractivity contribution in [3.63, 3.8) is 0 Å². The summed E-state index contributed by atoms with van der Waals surface area (Å²) in [7, 11) is 2.03. The zero-order valence-corrected chi connectivity index (χ0v) is 13.7. The van der Waals surface area contributed by atoms with Gasteiger partial charge in [-0.2, -0.15) is 4.52 Å². The SMILES string of the molecule is Cc1ccc(C(O)CN(C)C2CN(c3ccc4nncn4n3)C2)o1. The molecule has 1 aliphatic heterocycles. The van der Waals surface area contributed by atoms with Crippen LogP contribution in [0.15, 0.2) is 35.0 Å². The number of hydrogen-bond donors (Lipinski definition) is 1. The van der Waals surface area contributed by atoms with Crippen molar-refractivity contribution in [3.05, 3.63) is 42.1 Å². The first kappa shape index (κ1) is 15.1. The Morgan fingerprint density at radius 3 is 2.92 bits per heavy atom. The van der Waals surface area contributed by atoms with Crippen molar-refractivity contribution < 1.29 is 9.52 Å². The number of likely N-dealkylation sites (N-methyl/N-ethyl adjacent to an activating group) is 1. The Morgan fingerprint density at radius 1 is 1.33 bits per heavy atom. The third-order valence-corrected chi connectivity index (χ3v) is 4.51. The summed E-state index contributed by atoms with van der Waals surface area (Å²) in [5, 5.41) is 22.6. The average molecular weight is 328 g/mol. The minimum Gasteiger partial charge on any atom is -0.464 e. The van der Waals surface area contributed by atoms with E-state index in [4.69, 9.17) is 4.42 Å². The van der Waals surface area contributed by atoms with E-state index in [0.29, 0.717) is 18.3 Å². The lowest BCUT2D eigenvalue weighted by atomic mass is 10.1. The van der Waals surface area contributed by atoms with E-state index >= 15 is 0 Å². The van der Waals surface area contributed by atoms with E-state index < -0.39 is 6.10 Å². The third-order valence-electron chi connectivity index (χ3n) is 4.51. The van der Waals surface area contributed by atoms with Crippen molar-refractivity contribution in [2.75, 3.05) is 31.6 Å². The van der Waals surface area contributed by atoms with Crippen molar-refractivity contribution >= 4 is 11.5 Å². The molecule has 1 fully saturated rings. The molecule has 4 rings (SSSR count). The fourth-order valence-corrected chi connectivity index (χ4v) is 2.95. The molecular weight excluding hydrogens is 308 g/mol. The smallest absolute Gasteiger partial charge is 0.177 e. The molecule has 24 heavy (non-hydrogen) atoms. The van der Waals surface area contributed by atoms with Crippen LogP contribution < -0.4 is 4.90 Å². The number of aromatic nitrogens is 4. The van der Waals surface area contributed by atoms with Gasteiger partial charge in [-0.15, -0.1) is 15.3 Å². The van der Waals surface area contributed by atoms with Crippen molar-refractivity contribution in [1.29, 1.82) is 0 Å². The fourth-order valence-electron chi connectivity index (χ4n) is 2.95. The van der Waals surface area contributed by atoms with Crippen LogP contribution >= 0.6 is 0 Å². The van der Waals surface area contributed by atoms with Crippen molar-refractivity contribution in [2.45, 2.75) is 19.1 Å². The first-order valence-electron chi connectivity index (χ1n) is 7.97. The number of anilines is 1. The van der Waals surface area contributed by atoms with Gasteiger partial charge in [0.05, 0.1) is 0 Å². The molecule has 1 saturated heterocycles. The minimum absolute atomic E-state index is 0.383. The standard InChI is InChI=1S/C16H20N6O2/c1-11-3-4-14(24-11)13(23)9-20(2)12-7-21(8-12)16-6-5-15-18-17-10-22(15)19-16/h3-6,10,12-13,23H,7-9H2,1-2H3. The minimum atomic E-state index is -0.607. The van der Waals surface area contributed by atoms with Crippen molar-refractivity contribution in [3.8, 4) is 0 Å². The fraction of sp³-hybridized carbons (Fsp3) is 0.438. The number of rotatable bonds is 5. The topological polar surface area (TPSA) is 82.9 Å². The molecule has 0 aliphatic carbocycles. The van der Waals surface area contributed by atoms with Crippen LogP contribution in [0.5, 0.6) is 0 Å². The number of aliphatic hydroxyl groups excluding tert-OH is 1. The lowest BCUT2D eigenvalue weighted by Gasteiger charge is -2.44. The van der Waals surface area contributed by atoms with Crippen LogP contribution in [0.25, 0.3) is 5.65 Å². The molecule has 3 aromatic heterocycles. The van der Waals surface area contributed by atoms with Crippen molar-refractivity contribution in [1.82, 2.24) is 24.7 Å². The second-order valence-electron chi connectivity index (χ2n) is 6.29. The molecule has 4 heterocycles. The summed E-state index contributed by atoms with van der Waals surface area (Å²) >= 11 is 0. The molecule has 8 heteroatoms. The van der Waals surface area contributed by atoms with E-state index in [2.05, 4.69) is 25.1 Å². The molecule has 126 valence electrons. The Kier molecular flexibility index (Phi) is 3.70. The quantitative estimate of drug-likeness (QED) is 0.744. The molecule has 3 aromatic rings. The van der Waals surface area contributed by atoms with Gasteiger partial charge in [0.25, 0.3) is 0 Å². The van der Waals surface area contributed by atoms with Gasteiger partial charge < -0.3 is 14.4 Å². The number of hydrogen-bond acceptors (Lipinski definition) is 7. The highest BCUT2D eigenvalue weighted by Gasteiger charge is 2.32. The molecule has 8 nitrogen and oxygen atoms in total. The first-order chi connectivity index (χ1) is 11.6. The lowest BCUT2D eigenvalue weighted by Crippen LogP contribution is -2.59. The Balaban J connectivity index is 1.34. The average Bonchev–Trinajstić information content (AvgIpc) is 3.13. The van der Waals surface area contributed by atoms with E-state index in [9.17, 15) is 5.11 Å². The van der Waals surface area contributed by atoms with Gasteiger partial charge in [0, 0.05) is 25.7 Å². The second kappa shape index (κ2) is 5.88. The predicted octanol–water partition coefficient (Wildman–Crippen LogP) is 0.880. The zero-order valence-electron chi connectivity index (χ0n) is 13.7. The molecule has 0 radical (unpaired) electrons. The van der Waals surface area contributed by atoms with Crippen LogP contribution in [-0.4, -0.2) is 62.5 Å². The summed E-state index contributed by atoms with van der Waals surface area (Å²) in [4.78, 5) is 4.36. The Labute approximate surface area is 139 Å². The molecule has 0 aromatic carbocycles. The maximum Gasteiger partial charge on any atom is 0.177 e. The highest BCUT2D eigenvalue weighted by Crippen LogP contribution is 2.23. The monoisotopic (exact) mass is 328 g/mol. The van der Waals surface area contributed by atoms with Crippen LogP contribution in [0.2, 0.25) is 0 Å². The van der Waals surface area contributed by atoms with E-state index in [1.54, 1.807) is 10.8 Å². The Hall–Kier alpha value is -2.45. The molecule has 0 amide bonds. The highest BCUT2D eigenvalue weighted by molar-refractivity contribution is 5.47. The van der Waals surface area contributed by atoms with Gasteiger partial charge >= 0.3 is 0 Å². The largest absolute Gasteiger partial charge is 0.464 e. The molecule has 1 atom stereocenters. The van der Waals surface area contributed by atoms with Gasteiger partial charge in [0.15, 0.2) is 5.65 Å². The van der Waals surface area contributed by atoms with Gasteiger partial charge in [-0.05, 0) is 38.2 Å². The summed E-state index contributed by atoms with van der Waals surface area (Å²) < 4.78 is 7.17. The second-order valence-corrected chi connectivity index (χ2v) is 6.29. The summed E-state index contributed by atoms with van der Waals surface area (Å²) in [6.07, 6.45) is 0.994. The van der Waals surface area contributed by atoms with E-state index in [-0.39, 0.29) is 0 Å². The number of fused-ring (bicyclic) bond motifs is 1. The summed E-state index contributed by atoms with van der Waals surface area (Å²) in [6, 6.07) is 7.96. The molecule has 0 spiro atoms. The molecule has 0 bridgehead atoms. The molecule has 1 aliphatic rings. The van der Waals surface area contributed by atoms with Gasteiger partial charge in [-0.1, -0.05) is 0 Å². The summed E-state index contributed by atoms with van der Waals surface area (Å²) in [5.41, 5.74) is 0.741. The van der Waals surface area contributed by atoms with E-state index in [1.807, 2.05) is 38.2 Å².